The number of methoxy groups -OCH3 is 1. The monoisotopic (exact) mass is 580 g/mol. The number of likely N-dealkylation sites (tertiary alicyclic amines) is 1. The van der Waals surface area contributed by atoms with E-state index in [1.54, 1.807) is 25.2 Å². The lowest BCUT2D eigenvalue weighted by atomic mass is 10.0. The van der Waals surface area contributed by atoms with Gasteiger partial charge >= 0.3 is 0 Å². The van der Waals surface area contributed by atoms with E-state index in [4.69, 9.17) is 21.2 Å². The van der Waals surface area contributed by atoms with Crippen LogP contribution in [0.5, 0.6) is 5.75 Å². The fourth-order valence-corrected chi connectivity index (χ4v) is 6.00. The van der Waals surface area contributed by atoms with Crippen molar-refractivity contribution in [1.29, 1.82) is 0 Å². The number of nitrogens with one attached hydrogen (secondary N) is 2. The zero-order chi connectivity index (χ0) is 30.4. The van der Waals surface area contributed by atoms with Crippen molar-refractivity contribution in [3.8, 4) is 5.75 Å². The van der Waals surface area contributed by atoms with E-state index >= 15 is 0 Å². The second kappa shape index (κ2) is 13.7. The summed E-state index contributed by atoms with van der Waals surface area (Å²) in [6.07, 6.45) is 7.13. The maximum atomic E-state index is 13.3. The van der Waals surface area contributed by atoms with Crippen molar-refractivity contribution in [3.63, 3.8) is 0 Å². The Balaban J connectivity index is 1.57. The van der Waals surface area contributed by atoms with Gasteiger partial charge in [0.25, 0.3) is 5.91 Å². The van der Waals surface area contributed by atoms with Crippen molar-refractivity contribution in [3.05, 3.63) is 48.1 Å². The Bertz CT molecular complexity index is 1250. The van der Waals surface area contributed by atoms with Crippen molar-refractivity contribution < 1.29 is 19.1 Å². The van der Waals surface area contributed by atoms with Crippen LogP contribution in [-0.4, -0.2) is 91.2 Å². The number of aliphatic imine (C=N–C) groups is 1. The van der Waals surface area contributed by atoms with Gasteiger partial charge in [-0.25, -0.2) is 4.99 Å². The van der Waals surface area contributed by atoms with E-state index in [0.29, 0.717) is 40.9 Å². The first-order valence-electron chi connectivity index (χ1n) is 14.6. The van der Waals surface area contributed by atoms with E-state index in [-0.39, 0.29) is 30.3 Å². The Labute approximate surface area is 247 Å². The molecule has 0 aromatic heterocycles. The van der Waals surface area contributed by atoms with Gasteiger partial charge in [-0.3, -0.25) is 14.4 Å². The minimum Gasteiger partial charge on any atom is -0.495 e. The topological polar surface area (TPSA) is 159 Å². The van der Waals surface area contributed by atoms with Gasteiger partial charge in [0, 0.05) is 43.9 Å². The number of nitrogens with two attached hydrogens (primary N) is 2. The van der Waals surface area contributed by atoms with E-state index in [2.05, 4.69) is 34.1 Å². The number of anilines is 1. The Kier molecular flexibility index (Phi) is 10.1. The van der Waals surface area contributed by atoms with Crippen LogP contribution in [0.4, 0.5) is 5.69 Å². The summed E-state index contributed by atoms with van der Waals surface area (Å²) in [5.74, 6) is -0.285. The highest BCUT2D eigenvalue weighted by atomic mass is 16.5. The number of hydrogen-bond acceptors (Lipinski definition) is 8. The largest absolute Gasteiger partial charge is 0.495 e. The molecule has 2 aliphatic heterocycles. The van der Waals surface area contributed by atoms with Gasteiger partial charge < -0.3 is 41.5 Å². The van der Waals surface area contributed by atoms with Gasteiger partial charge in [-0.05, 0) is 64.0 Å². The van der Waals surface area contributed by atoms with Crippen LogP contribution in [0.15, 0.2) is 47.5 Å². The van der Waals surface area contributed by atoms with Crippen molar-refractivity contribution >= 4 is 29.2 Å². The molecule has 42 heavy (non-hydrogen) atoms. The minimum absolute atomic E-state index is 0.0638. The molecule has 2 heterocycles. The molecule has 0 radical (unpaired) electrons. The molecule has 3 amide bonds. The van der Waals surface area contributed by atoms with Crippen LogP contribution >= 0.6 is 0 Å². The lowest BCUT2D eigenvalue weighted by Gasteiger charge is -2.32. The van der Waals surface area contributed by atoms with Crippen LogP contribution in [0, 0.1) is 5.92 Å². The van der Waals surface area contributed by atoms with Crippen LogP contribution in [0.1, 0.15) is 55.3 Å². The summed E-state index contributed by atoms with van der Waals surface area (Å²) in [5.41, 5.74) is 13.1. The average Bonchev–Trinajstić information content (AvgIpc) is 3.48. The average molecular weight is 581 g/mol. The summed E-state index contributed by atoms with van der Waals surface area (Å²) in [6, 6.07) is 5.47. The molecule has 2 saturated heterocycles. The molecule has 1 saturated carbocycles. The van der Waals surface area contributed by atoms with Crippen LogP contribution in [0.25, 0.3) is 0 Å². The third-order valence-corrected chi connectivity index (χ3v) is 8.37. The SMILES string of the molecule is C=C(N=C1/C(=C\N)N(C)C(=O)C(CC(N)=O)CN1C1CCCC1)Nc1ccc(C(=O)NC2CCN(C)CC2)cc1OC. The first-order valence-corrected chi connectivity index (χ1v) is 14.6. The van der Waals surface area contributed by atoms with E-state index in [9.17, 15) is 14.4 Å². The van der Waals surface area contributed by atoms with Crippen LogP contribution in [0.2, 0.25) is 0 Å². The highest BCUT2D eigenvalue weighted by Crippen LogP contribution is 2.32. The van der Waals surface area contributed by atoms with E-state index in [1.807, 2.05) is 0 Å². The van der Waals surface area contributed by atoms with Crippen molar-refractivity contribution in [2.75, 3.05) is 46.2 Å². The molecule has 6 N–H and O–H groups in total. The zero-order valence-electron chi connectivity index (χ0n) is 24.9. The number of carbonyl (C=O) groups excluding carboxylic acids is 3. The molecule has 4 rings (SSSR count). The summed E-state index contributed by atoms with van der Waals surface area (Å²) in [5, 5.41) is 6.32. The molecule has 1 aromatic carbocycles. The number of rotatable bonds is 9. The third kappa shape index (κ3) is 7.22. The molecule has 1 unspecified atom stereocenters. The molecule has 12 nitrogen and oxygen atoms in total. The van der Waals surface area contributed by atoms with E-state index in [1.165, 1.54) is 18.2 Å². The van der Waals surface area contributed by atoms with Crippen LogP contribution in [-0.2, 0) is 9.59 Å². The quantitative estimate of drug-likeness (QED) is 0.344. The van der Waals surface area contributed by atoms with Crippen molar-refractivity contribution in [1.82, 2.24) is 20.0 Å². The Morgan fingerprint density at radius 2 is 1.86 bits per heavy atom. The lowest BCUT2D eigenvalue weighted by Crippen LogP contribution is -2.43. The molecule has 0 bridgehead atoms. The Morgan fingerprint density at radius 1 is 1.17 bits per heavy atom. The molecule has 3 fully saturated rings. The first kappa shape index (κ1) is 30.9. The molecule has 1 aliphatic carbocycles. The number of likely N-dealkylation sites (N-methyl/N-ethyl adjacent to an activating group) is 1. The molecule has 3 aliphatic rings. The number of nitrogens with zero attached hydrogens (tertiary/aromatic N) is 4. The molecule has 1 atom stereocenters. The molecule has 0 spiro atoms. The summed E-state index contributed by atoms with van der Waals surface area (Å²) in [4.78, 5) is 48.6. The highest BCUT2D eigenvalue weighted by molar-refractivity contribution is 6.04. The number of carbonyl (C=O) groups is 3. The highest BCUT2D eigenvalue weighted by Gasteiger charge is 2.39. The lowest BCUT2D eigenvalue weighted by molar-refractivity contribution is -0.134. The van der Waals surface area contributed by atoms with Gasteiger partial charge in [0.2, 0.25) is 11.8 Å². The predicted octanol–water partition coefficient (Wildman–Crippen LogP) is 1.81. The number of amides is 3. The van der Waals surface area contributed by atoms with Gasteiger partial charge in [-0.1, -0.05) is 19.4 Å². The van der Waals surface area contributed by atoms with Crippen molar-refractivity contribution in [2.45, 2.75) is 57.0 Å². The number of primary amides is 1. The van der Waals surface area contributed by atoms with Gasteiger partial charge in [0.1, 0.15) is 17.3 Å². The minimum atomic E-state index is -0.620. The van der Waals surface area contributed by atoms with E-state index in [0.717, 1.165) is 51.6 Å². The normalized spacial score (nSPS) is 22.8. The molecule has 12 heteroatoms. The van der Waals surface area contributed by atoms with E-state index < -0.39 is 11.8 Å². The van der Waals surface area contributed by atoms with Crippen LogP contribution in [0.3, 0.4) is 0 Å². The second-order valence-corrected chi connectivity index (χ2v) is 11.4. The summed E-state index contributed by atoms with van der Waals surface area (Å²) in [6.45, 7) is 6.33. The molecule has 1 aromatic rings. The van der Waals surface area contributed by atoms with Gasteiger partial charge in [-0.15, -0.1) is 0 Å². The molecule has 228 valence electrons. The number of ether oxygens (including phenoxy) is 1. The number of piperidine rings is 1. The Morgan fingerprint density at radius 3 is 2.48 bits per heavy atom. The van der Waals surface area contributed by atoms with Crippen molar-refractivity contribution in [2.24, 2.45) is 22.4 Å². The zero-order valence-corrected chi connectivity index (χ0v) is 24.9. The fraction of sp³-hybridized carbons (Fsp3) is 0.533. The fourth-order valence-electron chi connectivity index (χ4n) is 6.00. The number of benzene rings is 1. The summed E-state index contributed by atoms with van der Waals surface area (Å²) >= 11 is 0. The Hall–Kier alpha value is -4.06. The number of hydrogen-bond donors (Lipinski definition) is 4. The first-order chi connectivity index (χ1) is 20.1. The summed E-state index contributed by atoms with van der Waals surface area (Å²) < 4.78 is 5.60. The maximum absolute atomic E-state index is 13.3. The molecular weight excluding hydrogens is 536 g/mol. The summed E-state index contributed by atoms with van der Waals surface area (Å²) in [7, 11) is 5.24. The van der Waals surface area contributed by atoms with Gasteiger partial charge in [0.05, 0.1) is 18.7 Å². The second-order valence-electron chi connectivity index (χ2n) is 11.4. The van der Waals surface area contributed by atoms with Crippen LogP contribution < -0.4 is 26.8 Å². The maximum Gasteiger partial charge on any atom is 0.251 e. The smallest absolute Gasteiger partial charge is 0.251 e. The third-order valence-electron chi connectivity index (χ3n) is 8.37. The predicted molar refractivity (Wildman–Crippen MR) is 162 cm³/mol. The number of amidine groups is 1. The van der Waals surface area contributed by atoms with Gasteiger partial charge in [0.15, 0.2) is 5.84 Å². The standard InChI is InChI=1S/C30H44N8O4/c1-19(33-24-10-9-20(15-26(24)42-4)29(40)35-22-11-13-36(2)14-12-22)34-28-25(17-31)37(3)30(41)21(16-27(32)39)18-38(28)23-7-5-6-8-23/h9-10,15,17,21-23,33H,1,5-8,11-14,16,18,31H2,2-4H3,(H2,32,39)(H,35,40)/b25-17+,34-28?. The van der Waals surface area contributed by atoms with Gasteiger partial charge in [-0.2, -0.15) is 0 Å². The molecular formula is C30H44N8O4.